The van der Waals surface area contributed by atoms with Crippen LogP contribution in [0.5, 0.6) is 0 Å². The molecule has 0 amide bonds. The summed E-state index contributed by atoms with van der Waals surface area (Å²) in [5.74, 6) is 0. The van der Waals surface area contributed by atoms with Gasteiger partial charge in [0.25, 0.3) is 0 Å². The van der Waals surface area contributed by atoms with Crippen LogP contribution in [0.3, 0.4) is 0 Å². The number of rotatable bonds is 4. The van der Waals surface area contributed by atoms with E-state index in [4.69, 9.17) is 11.6 Å². The van der Waals surface area contributed by atoms with Crippen LogP contribution in [-0.2, 0) is 6.54 Å². The van der Waals surface area contributed by atoms with Gasteiger partial charge in [-0.1, -0.05) is 47.5 Å². The monoisotopic (exact) mass is 273 g/mol. The lowest BCUT2D eigenvalue weighted by Crippen LogP contribution is -2.18. The molecular formula is C17H20ClN. The van der Waals surface area contributed by atoms with Gasteiger partial charge in [-0.2, -0.15) is 0 Å². The summed E-state index contributed by atoms with van der Waals surface area (Å²) < 4.78 is 0. The second-order valence-corrected chi connectivity index (χ2v) is 5.52. The van der Waals surface area contributed by atoms with Crippen molar-refractivity contribution in [2.45, 2.75) is 33.4 Å². The van der Waals surface area contributed by atoms with E-state index in [0.717, 1.165) is 11.6 Å². The van der Waals surface area contributed by atoms with Crippen LogP contribution in [0.2, 0.25) is 5.02 Å². The maximum Gasteiger partial charge on any atom is 0.0406 e. The fourth-order valence-electron chi connectivity index (χ4n) is 2.18. The van der Waals surface area contributed by atoms with E-state index in [0.29, 0.717) is 6.04 Å². The van der Waals surface area contributed by atoms with Crippen LogP contribution < -0.4 is 5.32 Å². The molecule has 0 aliphatic rings. The first kappa shape index (κ1) is 14.1. The first-order chi connectivity index (χ1) is 9.06. The highest BCUT2D eigenvalue weighted by Gasteiger charge is 2.05. The number of halogens is 1. The van der Waals surface area contributed by atoms with Gasteiger partial charge < -0.3 is 5.32 Å². The summed E-state index contributed by atoms with van der Waals surface area (Å²) in [5, 5.41) is 4.33. The standard InChI is InChI=1S/C17H20ClN/c1-12-4-5-16(13(2)10-12)11-19-14(3)15-6-8-17(18)9-7-15/h4-10,14,19H,11H2,1-3H3/t14-/m1/s1. The summed E-state index contributed by atoms with van der Waals surface area (Å²) in [4.78, 5) is 0. The van der Waals surface area contributed by atoms with E-state index < -0.39 is 0 Å². The van der Waals surface area contributed by atoms with E-state index in [1.54, 1.807) is 0 Å². The van der Waals surface area contributed by atoms with Gasteiger partial charge in [-0.25, -0.2) is 0 Å². The highest BCUT2D eigenvalue weighted by molar-refractivity contribution is 6.30. The zero-order valence-corrected chi connectivity index (χ0v) is 12.5. The molecule has 2 heteroatoms. The Kier molecular flexibility index (Phi) is 4.62. The number of aryl methyl sites for hydroxylation is 2. The van der Waals surface area contributed by atoms with Gasteiger partial charge in [0.05, 0.1) is 0 Å². The molecule has 1 nitrogen and oxygen atoms in total. The van der Waals surface area contributed by atoms with Gasteiger partial charge in [0.2, 0.25) is 0 Å². The van der Waals surface area contributed by atoms with Gasteiger partial charge in [0, 0.05) is 17.6 Å². The van der Waals surface area contributed by atoms with E-state index >= 15 is 0 Å². The van der Waals surface area contributed by atoms with Crippen molar-refractivity contribution in [1.29, 1.82) is 0 Å². The molecule has 0 radical (unpaired) electrons. The van der Waals surface area contributed by atoms with Crippen LogP contribution in [0.25, 0.3) is 0 Å². The minimum atomic E-state index is 0.318. The van der Waals surface area contributed by atoms with Crippen LogP contribution in [0.4, 0.5) is 0 Å². The van der Waals surface area contributed by atoms with Crippen molar-refractivity contribution in [3.63, 3.8) is 0 Å². The van der Waals surface area contributed by atoms with Crippen molar-refractivity contribution in [3.8, 4) is 0 Å². The topological polar surface area (TPSA) is 12.0 Å². The number of hydrogen-bond acceptors (Lipinski definition) is 1. The maximum atomic E-state index is 5.90. The van der Waals surface area contributed by atoms with Crippen LogP contribution >= 0.6 is 11.6 Å². The Hall–Kier alpha value is -1.31. The van der Waals surface area contributed by atoms with Gasteiger partial charge in [0.15, 0.2) is 0 Å². The molecule has 0 spiro atoms. The molecule has 2 aromatic rings. The Morgan fingerprint density at radius 2 is 1.74 bits per heavy atom. The van der Waals surface area contributed by atoms with Crippen LogP contribution in [-0.4, -0.2) is 0 Å². The SMILES string of the molecule is Cc1ccc(CN[C@H](C)c2ccc(Cl)cc2)c(C)c1. The van der Waals surface area contributed by atoms with Gasteiger partial charge in [0.1, 0.15) is 0 Å². The highest BCUT2D eigenvalue weighted by Crippen LogP contribution is 2.17. The van der Waals surface area contributed by atoms with E-state index in [1.807, 2.05) is 12.1 Å². The predicted octanol–water partition coefficient (Wildman–Crippen LogP) is 4.81. The third kappa shape index (κ3) is 3.82. The fraction of sp³-hybridized carbons (Fsp3) is 0.294. The zero-order chi connectivity index (χ0) is 13.8. The predicted molar refractivity (Wildman–Crippen MR) is 82.6 cm³/mol. The Bertz CT molecular complexity index is 546. The number of benzene rings is 2. The van der Waals surface area contributed by atoms with Gasteiger partial charge >= 0.3 is 0 Å². The normalized spacial score (nSPS) is 12.4. The van der Waals surface area contributed by atoms with E-state index in [1.165, 1.54) is 22.3 Å². The molecule has 0 fully saturated rings. The minimum Gasteiger partial charge on any atom is -0.306 e. The average molecular weight is 274 g/mol. The molecule has 2 rings (SSSR count). The summed E-state index contributed by atoms with van der Waals surface area (Å²) in [7, 11) is 0. The van der Waals surface area contributed by atoms with Crippen LogP contribution in [0.1, 0.15) is 35.2 Å². The maximum absolute atomic E-state index is 5.90. The van der Waals surface area contributed by atoms with Crippen LogP contribution in [0, 0.1) is 13.8 Å². The van der Waals surface area contributed by atoms with Crippen molar-refractivity contribution < 1.29 is 0 Å². The molecule has 19 heavy (non-hydrogen) atoms. The third-order valence-corrected chi connectivity index (χ3v) is 3.72. The number of nitrogens with one attached hydrogen (secondary N) is 1. The lowest BCUT2D eigenvalue weighted by Gasteiger charge is -2.15. The molecule has 0 aliphatic carbocycles. The second kappa shape index (κ2) is 6.23. The summed E-state index contributed by atoms with van der Waals surface area (Å²) in [6.07, 6.45) is 0. The molecule has 1 N–H and O–H groups in total. The Morgan fingerprint density at radius 3 is 2.37 bits per heavy atom. The summed E-state index contributed by atoms with van der Waals surface area (Å²) in [5.41, 5.74) is 5.27. The van der Waals surface area contributed by atoms with Crippen molar-refractivity contribution in [1.82, 2.24) is 5.32 Å². The lowest BCUT2D eigenvalue weighted by molar-refractivity contribution is 0.573. The molecule has 0 saturated carbocycles. The quantitative estimate of drug-likeness (QED) is 0.843. The van der Waals surface area contributed by atoms with Gasteiger partial charge in [-0.05, 0) is 49.6 Å². The summed E-state index contributed by atoms with van der Waals surface area (Å²) in [6.45, 7) is 7.35. The highest BCUT2D eigenvalue weighted by atomic mass is 35.5. The molecule has 0 bridgehead atoms. The van der Waals surface area contributed by atoms with Gasteiger partial charge in [-0.15, -0.1) is 0 Å². The summed E-state index contributed by atoms with van der Waals surface area (Å²) in [6, 6.07) is 14.9. The fourth-order valence-corrected chi connectivity index (χ4v) is 2.30. The minimum absolute atomic E-state index is 0.318. The Balaban J connectivity index is 2.00. The zero-order valence-electron chi connectivity index (χ0n) is 11.7. The largest absolute Gasteiger partial charge is 0.306 e. The molecule has 1 atom stereocenters. The molecule has 0 aromatic heterocycles. The Morgan fingerprint density at radius 1 is 1.05 bits per heavy atom. The first-order valence-electron chi connectivity index (χ1n) is 6.61. The van der Waals surface area contributed by atoms with Crippen molar-refractivity contribution in [3.05, 3.63) is 69.7 Å². The smallest absolute Gasteiger partial charge is 0.0406 e. The number of hydrogen-bond donors (Lipinski definition) is 1. The molecule has 0 saturated heterocycles. The van der Waals surface area contributed by atoms with Gasteiger partial charge in [-0.3, -0.25) is 0 Å². The Labute approximate surface area is 120 Å². The second-order valence-electron chi connectivity index (χ2n) is 5.08. The van der Waals surface area contributed by atoms with E-state index in [9.17, 15) is 0 Å². The van der Waals surface area contributed by atoms with Crippen molar-refractivity contribution >= 4 is 11.6 Å². The molecule has 0 heterocycles. The molecule has 0 unspecified atom stereocenters. The third-order valence-electron chi connectivity index (χ3n) is 3.47. The first-order valence-corrected chi connectivity index (χ1v) is 6.99. The molecular weight excluding hydrogens is 254 g/mol. The molecule has 100 valence electrons. The van der Waals surface area contributed by atoms with E-state index in [2.05, 4.69) is 56.4 Å². The average Bonchev–Trinajstić information content (AvgIpc) is 2.38. The summed E-state index contributed by atoms with van der Waals surface area (Å²) >= 11 is 5.90. The van der Waals surface area contributed by atoms with Crippen molar-refractivity contribution in [2.24, 2.45) is 0 Å². The molecule has 2 aromatic carbocycles. The van der Waals surface area contributed by atoms with Crippen LogP contribution in [0.15, 0.2) is 42.5 Å². The molecule has 0 aliphatic heterocycles. The lowest BCUT2D eigenvalue weighted by atomic mass is 10.0. The van der Waals surface area contributed by atoms with E-state index in [-0.39, 0.29) is 0 Å². The van der Waals surface area contributed by atoms with Crippen molar-refractivity contribution in [2.75, 3.05) is 0 Å².